The minimum absolute atomic E-state index is 0.894. The molecule has 0 aliphatic carbocycles. The molecule has 0 spiro atoms. The highest BCUT2D eigenvalue weighted by Crippen LogP contribution is 2.27. The maximum absolute atomic E-state index is 5.21. The molecule has 1 N–H and O–H groups in total. The number of aryl methyl sites for hydroxylation is 2. The van der Waals surface area contributed by atoms with Crippen LogP contribution in [0.2, 0.25) is 0 Å². The number of rotatable bonds is 2. The van der Waals surface area contributed by atoms with Crippen molar-refractivity contribution >= 4 is 0 Å². The van der Waals surface area contributed by atoms with Crippen LogP contribution in [0.25, 0.3) is 11.1 Å². The summed E-state index contributed by atoms with van der Waals surface area (Å²) < 4.78 is 5.21. The van der Waals surface area contributed by atoms with Gasteiger partial charge in [-0.1, -0.05) is 12.1 Å². The van der Waals surface area contributed by atoms with Gasteiger partial charge in [-0.3, -0.25) is 0 Å². The summed E-state index contributed by atoms with van der Waals surface area (Å²) in [6.07, 6.45) is 0. The fourth-order valence-corrected chi connectivity index (χ4v) is 1.81. The first-order chi connectivity index (χ1) is 7.20. The lowest BCUT2D eigenvalue weighted by Crippen LogP contribution is -1.84. The quantitative estimate of drug-likeness (QED) is 0.792. The molecule has 0 saturated carbocycles. The van der Waals surface area contributed by atoms with E-state index in [-0.39, 0.29) is 0 Å². The number of H-pyrrole nitrogens is 1. The molecular formula is C13H15NO. The number of methoxy groups -OCH3 is 1. The van der Waals surface area contributed by atoms with Gasteiger partial charge in [-0.25, -0.2) is 0 Å². The highest BCUT2D eigenvalue weighted by molar-refractivity contribution is 5.68. The molecule has 15 heavy (non-hydrogen) atoms. The van der Waals surface area contributed by atoms with Crippen LogP contribution in [0, 0.1) is 13.8 Å². The van der Waals surface area contributed by atoms with Gasteiger partial charge >= 0.3 is 0 Å². The van der Waals surface area contributed by atoms with Gasteiger partial charge in [0.05, 0.1) is 7.11 Å². The van der Waals surface area contributed by atoms with Crippen LogP contribution in [-0.2, 0) is 0 Å². The van der Waals surface area contributed by atoms with Crippen molar-refractivity contribution in [3.05, 3.63) is 41.7 Å². The zero-order chi connectivity index (χ0) is 10.8. The van der Waals surface area contributed by atoms with Gasteiger partial charge in [0.2, 0.25) is 0 Å². The van der Waals surface area contributed by atoms with Gasteiger partial charge in [-0.2, -0.15) is 0 Å². The van der Waals surface area contributed by atoms with Gasteiger partial charge in [0, 0.05) is 17.0 Å². The SMILES string of the molecule is COc1cccc(-c2cc(C)[nH]c2C)c1. The van der Waals surface area contributed by atoms with Crippen molar-refractivity contribution in [2.75, 3.05) is 7.11 Å². The zero-order valence-electron chi connectivity index (χ0n) is 9.29. The summed E-state index contributed by atoms with van der Waals surface area (Å²) in [4.78, 5) is 3.30. The summed E-state index contributed by atoms with van der Waals surface area (Å²) in [6, 6.07) is 10.3. The Morgan fingerprint density at radius 1 is 1.13 bits per heavy atom. The van der Waals surface area contributed by atoms with Gasteiger partial charge < -0.3 is 9.72 Å². The number of ether oxygens (including phenoxy) is 1. The molecule has 0 aliphatic rings. The summed E-state index contributed by atoms with van der Waals surface area (Å²) in [7, 11) is 1.69. The van der Waals surface area contributed by atoms with Crippen molar-refractivity contribution in [3.8, 4) is 16.9 Å². The first-order valence-corrected chi connectivity index (χ1v) is 5.01. The number of aromatic amines is 1. The lowest BCUT2D eigenvalue weighted by molar-refractivity contribution is 0.415. The predicted molar refractivity (Wildman–Crippen MR) is 62.3 cm³/mol. The maximum atomic E-state index is 5.21. The van der Waals surface area contributed by atoms with Gasteiger partial charge in [0.1, 0.15) is 5.75 Å². The number of hydrogen-bond acceptors (Lipinski definition) is 1. The smallest absolute Gasteiger partial charge is 0.119 e. The van der Waals surface area contributed by atoms with Crippen LogP contribution in [0.4, 0.5) is 0 Å². The molecule has 1 heterocycles. The highest BCUT2D eigenvalue weighted by atomic mass is 16.5. The van der Waals surface area contributed by atoms with E-state index in [0.29, 0.717) is 0 Å². The largest absolute Gasteiger partial charge is 0.497 e. The Balaban J connectivity index is 2.49. The van der Waals surface area contributed by atoms with E-state index in [1.165, 1.54) is 22.5 Å². The minimum atomic E-state index is 0.894. The molecule has 1 aromatic carbocycles. The predicted octanol–water partition coefficient (Wildman–Crippen LogP) is 3.31. The fourth-order valence-electron chi connectivity index (χ4n) is 1.81. The Morgan fingerprint density at radius 2 is 1.93 bits per heavy atom. The summed E-state index contributed by atoms with van der Waals surface area (Å²) in [6.45, 7) is 4.15. The van der Waals surface area contributed by atoms with Crippen LogP contribution in [-0.4, -0.2) is 12.1 Å². The second-order valence-electron chi connectivity index (χ2n) is 3.72. The molecule has 0 aliphatic heterocycles. The number of hydrogen-bond donors (Lipinski definition) is 1. The Morgan fingerprint density at radius 3 is 2.53 bits per heavy atom. The zero-order valence-corrected chi connectivity index (χ0v) is 9.29. The van der Waals surface area contributed by atoms with Crippen LogP contribution < -0.4 is 4.74 Å². The van der Waals surface area contributed by atoms with E-state index < -0.39 is 0 Å². The highest BCUT2D eigenvalue weighted by Gasteiger charge is 2.05. The molecule has 2 aromatic rings. The molecule has 2 nitrogen and oxygen atoms in total. The van der Waals surface area contributed by atoms with Crippen molar-refractivity contribution < 1.29 is 4.74 Å². The molecule has 0 radical (unpaired) electrons. The summed E-state index contributed by atoms with van der Waals surface area (Å²) >= 11 is 0. The average molecular weight is 201 g/mol. The molecule has 0 amide bonds. The van der Waals surface area contributed by atoms with E-state index in [0.717, 1.165) is 5.75 Å². The number of benzene rings is 1. The van der Waals surface area contributed by atoms with Crippen molar-refractivity contribution in [3.63, 3.8) is 0 Å². The van der Waals surface area contributed by atoms with Crippen molar-refractivity contribution in [2.45, 2.75) is 13.8 Å². The Bertz CT molecular complexity index is 471. The van der Waals surface area contributed by atoms with E-state index >= 15 is 0 Å². The van der Waals surface area contributed by atoms with Gasteiger partial charge in [-0.05, 0) is 37.6 Å². The first kappa shape index (κ1) is 9.84. The van der Waals surface area contributed by atoms with Crippen molar-refractivity contribution in [1.82, 2.24) is 4.98 Å². The van der Waals surface area contributed by atoms with Gasteiger partial charge in [0.15, 0.2) is 0 Å². The third-order valence-corrected chi connectivity index (χ3v) is 2.53. The molecule has 2 heteroatoms. The minimum Gasteiger partial charge on any atom is -0.497 e. The summed E-state index contributed by atoms with van der Waals surface area (Å²) in [5.41, 5.74) is 4.81. The van der Waals surface area contributed by atoms with Crippen molar-refractivity contribution in [1.29, 1.82) is 0 Å². The van der Waals surface area contributed by atoms with E-state index in [1.807, 2.05) is 12.1 Å². The molecule has 0 bridgehead atoms. The summed E-state index contributed by atoms with van der Waals surface area (Å²) in [5, 5.41) is 0. The lowest BCUT2D eigenvalue weighted by atomic mass is 10.1. The van der Waals surface area contributed by atoms with Crippen LogP contribution in [0.1, 0.15) is 11.4 Å². The molecule has 1 aromatic heterocycles. The fraction of sp³-hybridized carbons (Fsp3) is 0.231. The molecular weight excluding hydrogens is 186 g/mol. The van der Waals surface area contributed by atoms with E-state index in [2.05, 4.69) is 37.0 Å². The monoisotopic (exact) mass is 201 g/mol. The van der Waals surface area contributed by atoms with Crippen molar-refractivity contribution in [2.24, 2.45) is 0 Å². The van der Waals surface area contributed by atoms with Crippen LogP contribution in [0.3, 0.4) is 0 Å². The second kappa shape index (κ2) is 3.81. The first-order valence-electron chi connectivity index (χ1n) is 5.01. The van der Waals surface area contributed by atoms with E-state index in [4.69, 9.17) is 4.74 Å². The van der Waals surface area contributed by atoms with Crippen LogP contribution in [0.5, 0.6) is 5.75 Å². The lowest BCUT2D eigenvalue weighted by Gasteiger charge is -2.03. The Hall–Kier alpha value is -1.70. The maximum Gasteiger partial charge on any atom is 0.119 e. The molecule has 2 rings (SSSR count). The van der Waals surface area contributed by atoms with E-state index in [9.17, 15) is 0 Å². The number of nitrogens with one attached hydrogen (secondary N) is 1. The third kappa shape index (κ3) is 1.89. The normalized spacial score (nSPS) is 10.3. The molecule has 0 atom stereocenters. The summed E-state index contributed by atoms with van der Waals surface area (Å²) in [5.74, 6) is 0.894. The molecule has 0 unspecified atom stereocenters. The standard InChI is InChI=1S/C13H15NO/c1-9-7-13(10(2)14-9)11-5-4-6-12(8-11)15-3/h4-8,14H,1-3H3. The average Bonchev–Trinajstić information content (AvgIpc) is 2.58. The van der Waals surface area contributed by atoms with Gasteiger partial charge in [-0.15, -0.1) is 0 Å². The molecule has 0 saturated heterocycles. The van der Waals surface area contributed by atoms with E-state index in [1.54, 1.807) is 7.11 Å². The topological polar surface area (TPSA) is 25.0 Å². The third-order valence-electron chi connectivity index (χ3n) is 2.53. The van der Waals surface area contributed by atoms with Gasteiger partial charge in [0.25, 0.3) is 0 Å². The Labute approximate surface area is 89.9 Å². The number of aromatic nitrogens is 1. The molecule has 78 valence electrons. The van der Waals surface area contributed by atoms with Crippen LogP contribution in [0.15, 0.2) is 30.3 Å². The van der Waals surface area contributed by atoms with Crippen LogP contribution >= 0.6 is 0 Å². The second-order valence-corrected chi connectivity index (χ2v) is 3.72. The Kier molecular flexibility index (Phi) is 2.50. The molecule has 0 fully saturated rings.